The summed E-state index contributed by atoms with van der Waals surface area (Å²) in [6.45, 7) is 5.34. The number of hydrogen-bond acceptors (Lipinski definition) is 7. The fourth-order valence-corrected chi connectivity index (χ4v) is 3.39. The highest BCUT2D eigenvalue weighted by atomic mass is 16.6. The molecule has 0 aliphatic carbocycles. The van der Waals surface area contributed by atoms with Crippen molar-refractivity contribution in [3.8, 4) is 17.2 Å². The molecule has 184 valence electrons. The van der Waals surface area contributed by atoms with E-state index in [-0.39, 0.29) is 42.3 Å². The summed E-state index contributed by atoms with van der Waals surface area (Å²) in [5.74, 6) is 0.221. The van der Waals surface area contributed by atoms with Gasteiger partial charge in [0, 0.05) is 24.7 Å². The molecular weight excluding hydrogens is 442 g/mol. The molecule has 0 saturated heterocycles. The first-order chi connectivity index (χ1) is 16.2. The largest absolute Gasteiger partial charge is 0.497 e. The van der Waals surface area contributed by atoms with Gasteiger partial charge in [0.2, 0.25) is 11.7 Å². The number of nitro groups is 1. The molecule has 0 bridgehead atoms. The number of ether oxygens (including phenoxy) is 3. The molecule has 0 spiro atoms. The fourth-order valence-electron chi connectivity index (χ4n) is 3.39. The fraction of sp³-hybridized carbons (Fsp3) is 0.417. The van der Waals surface area contributed by atoms with Crippen molar-refractivity contribution in [2.24, 2.45) is 0 Å². The van der Waals surface area contributed by atoms with E-state index in [1.165, 1.54) is 30.2 Å². The number of benzene rings is 2. The third-order valence-electron chi connectivity index (χ3n) is 5.01. The molecule has 0 radical (unpaired) electrons. The van der Waals surface area contributed by atoms with Crippen molar-refractivity contribution < 1.29 is 28.7 Å². The lowest BCUT2D eigenvalue weighted by atomic mass is 10.1. The highest BCUT2D eigenvalue weighted by Crippen LogP contribution is 2.30. The van der Waals surface area contributed by atoms with E-state index in [0.29, 0.717) is 12.2 Å². The van der Waals surface area contributed by atoms with Crippen LogP contribution in [0, 0.1) is 10.1 Å². The molecule has 0 saturated carbocycles. The maximum atomic E-state index is 13.2. The molecule has 1 N–H and O–H groups in total. The highest BCUT2D eigenvalue weighted by Gasteiger charge is 2.29. The minimum Gasteiger partial charge on any atom is -0.497 e. The monoisotopic (exact) mass is 473 g/mol. The summed E-state index contributed by atoms with van der Waals surface area (Å²) >= 11 is 0. The van der Waals surface area contributed by atoms with Gasteiger partial charge in [-0.05, 0) is 44.0 Å². The van der Waals surface area contributed by atoms with E-state index in [4.69, 9.17) is 14.2 Å². The van der Waals surface area contributed by atoms with Crippen molar-refractivity contribution in [3.63, 3.8) is 0 Å². The third-order valence-corrected chi connectivity index (χ3v) is 5.01. The van der Waals surface area contributed by atoms with Crippen LogP contribution in [0.4, 0.5) is 5.69 Å². The molecule has 2 amide bonds. The van der Waals surface area contributed by atoms with Crippen molar-refractivity contribution >= 4 is 17.5 Å². The summed E-state index contributed by atoms with van der Waals surface area (Å²) in [6.07, 6.45) is 0.402. The Morgan fingerprint density at radius 2 is 1.82 bits per heavy atom. The van der Waals surface area contributed by atoms with Gasteiger partial charge in [-0.25, -0.2) is 0 Å². The van der Waals surface area contributed by atoms with E-state index in [9.17, 15) is 19.7 Å². The molecule has 0 unspecified atom stereocenters. The number of amides is 2. The van der Waals surface area contributed by atoms with Crippen molar-refractivity contribution in [2.45, 2.75) is 45.8 Å². The van der Waals surface area contributed by atoms with Crippen molar-refractivity contribution in [3.05, 3.63) is 58.1 Å². The average Bonchev–Trinajstić information content (AvgIpc) is 2.81. The number of carbonyl (C=O) groups excluding carboxylic acids is 2. The van der Waals surface area contributed by atoms with Crippen LogP contribution < -0.4 is 19.5 Å². The first-order valence-corrected chi connectivity index (χ1v) is 10.9. The summed E-state index contributed by atoms with van der Waals surface area (Å²) in [5.41, 5.74) is 0.581. The van der Waals surface area contributed by atoms with Crippen LogP contribution in [0.15, 0.2) is 42.5 Å². The molecule has 2 aromatic carbocycles. The van der Waals surface area contributed by atoms with Gasteiger partial charge >= 0.3 is 5.69 Å². The quantitative estimate of drug-likeness (QED) is 0.371. The molecule has 2 aromatic rings. The smallest absolute Gasteiger partial charge is 0.311 e. The van der Waals surface area contributed by atoms with Crippen LogP contribution in [0.2, 0.25) is 0 Å². The van der Waals surface area contributed by atoms with Gasteiger partial charge in [-0.15, -0.1) is 0 Å². The maximum Gasteiger partial charge on any atom is 0.311 e. The molecule has 0 fully saturated rings. The number of nitrogens with one attached hydrogen (secondary N) is 1. The van der Waals surface area contributed by atoms with Gasteiger partial charge in [0.1, 0.15) is 17.5 Å². The van der Waals surface area contributed by atoms with E-state index < -0.39 is 16.9 Å². The normalized spacial score (nSPS) is 11.5. The lowest BCUT2D eigenvalue weighted by Gasteiger charge is -2.31. The van der Waals surface area contributed by atoms with E-state index in [2.05, 4.69) is 5.32 Å². The van der Waals surface area contributed by atoms with Crippen molar-refractivity contribution in [1.29, 1.82) is 0 Å². The summed E-state index contributed by atoms with van der Waals surface area (Å²) in [5, 5.41) is 14.0. The zero-order chi connectivity index (χ0) is 25.3. The van der Waals surface area contributed by atoms with Gasteiger partial charge in [0.25, 0.3) is 5.91 Å². The molecule has 2 rings (SSSR count). The maximum absolute atomic E-state index is 13.2. The number of methoxy groups -OCH3 is 2. The predicted molar refractivity (Wildman–Crippen MR) is 126 cm³/mol. The molecule has 0 aliphatic heterocycles. The minimum absolute atomic E-state index is 0.0194. The summed E-state index contributed by atoms with van der Waals surface area (Å²) in [6, 6.07) is 10.4. The van der Waals surface area contributed by atoms with E-state index in [1.807, 2.05) is 32.9 Å². The van der Waals surface area contributed by atoms with Crippen LogP contribution in [0.3, 0.4) is 0 Å². The average molecular weight is 474 g/mol. The van der Waals surface area contributed by atoms with Gasteiger partial charge in [0.05, 0.1) is 19.1 Å². The Balaban J connectivity index is 2.27. The Bertz CT molecular complexity index is 1010. The lowest BCUT2D eigenvalue weighted by Crippen LogP contribution is -2.51. The van der Waals surface area contributed by atoms with Crippen molar-refractivity contribution in [1.82, 2.24) is 10.2 Å². The molecule has 0 aromatic heterocycles. The van der Waals surface area contributed by atoms with Crippen LogP contribution in [0.5, 0.6) is 17.2 Å². The zero-order valence-corrected chi connectivity index (χ0v) is 20.1. The zero-order valence-electron chi connectivity index (χ0n) is 20.1. The number of hydrogen-bond donors (Lipinski definition) is 1. The second-order valence-corrected chi connectivity index (χ2v) is 7.84. The lowest BCUT2D eigenvalue weighted by molar-refractivity contribution is -0.385. The van der Waals surface area contributed by atoms with Crippen molar-refractivity contribution in [2.75, 3.05) is 20.8 Å². The van der Waals surface area contributed by atoms with Crippen LogP contribution in [0.1, 0.15) is 32.8 Å². The number of rotatable bonds is 12. The number of carbonyl (C=O) groups is 2. The summed E-state index contributed by atoms with van der Waals surface area (Å²) in [7, 11) is 2.87. The van der Waals surface area contributed by atoms with E-state index >= 15 is 0 Å². The molecule has 10 nitrogen and oxygen atoms in total. The van der Waals surface area contributed by atoms with Crippen LogP contribution >= 0.6 is 0 Å². The van der Waals surface area contributed by atoms with Gasteiger partial charge in [-0.3, -0.25) is 19.7 Å². The van der Waals surface area contributed by atoms with Gasteiger partial charge < -0.3 is 24.4 Å². The number of nitro benzene ring substituents is 1. The van der Waals surface area contributed by atoms with E-state index in [1.54, 1.807) is 19.2 Å². The van der Waals surface area contributed by atoms with Gasteiger partial charge in [-0.2, -0.15) is 0 Å². The Hall–Kier alpha value is -3.82. The molecule has 0 aliphatic rings. The minimum atomic E-state index is -0.712. The second-order valence-electron chi connectivity index (χ2n) is 7.84. The van der Waals surface area contributed by atoms with Gasteiger partial charge in [-0.1, -0.05) is 19.1 Å². The van der Waals surface area contributed by atoms with Crippen LogP contribution in [-0.2, 0) is 16.1 Å². The Morgan fingerprint density at radius 3 is 2.41 bits per heavy atom. The predicted octanol–water partition coefficient (Wildman–Crippen LogP) is 3.32. The Morgan fingerprint density at radius 1 is 1.09 bits per heavy atom. The second kappa shape index (κ2) is 12.4. The van der Waals surface area contributed by atoms with Gasteiger partial charge in [0.15, 0.2) is 6.61 Å². The molecular formula is C24H31N3O7. The summed E-state index contributed by atoms with van der Waals surface area (Å²) in [4.78, 5) is 38.1. The third kappa shape index (κ3) is 7.09. The van der Waals surface area contributed by atoms with E-state index in [0.717, 1.165) is 5.56 Å². The Labute approximate surface area is 198 Å². The molecule has 10 heteroatoms. The molecule has 1 atom stereocenters. The summed E-state index contributed by atoms with van der Waals surface area (Å²) < 4.78 is 15.9. The molecule has 34 heavy (non-hydrogen) atoms. The SMILES string of the molecule is CC[C@@H](C(=O)NC(C)C)N(Cc1cccc(OC)c1)C(=O)COc1ccc([N+](=O)[O-])c(OC)c1. The standard InChI is InChI=1S/C24H31N3O7/c1-6-20(24(29)25-16(2)3)26(14-17-8-7-9-18(12-17)32-4)23(28)15-34-19-10-11-21(27(30)31)22(13-19)33-5/h7-13,16,20H,6,14-15H2,1-5H3,(H,25,29)/t20-/m0/s1. The molecule has 0 heterocycles. The Kier molecular flexibility index (Phi) is 9.66. The number of nitrogens with zero attached hydrogens (tertiary/aromatic N) is 2. The highest BCUT2D eigenvalue weighted by molar-refractivity contribution is 5.88. The van der Waals surface area contributed by atoms with Crippen LogP contribution in [-0.4, -0.2) is 54.5 Å². The first-order valence-electron chi connectivity index (χ1n) is 10.9. The first kappa shape index (κ1) is 26.4. The topological polar surface area (TPSA) is 120 Å². The van der Waals surface area contributed by atoms with Crippen LogP contribution in [0.25, 0.3) is 0 Å².